The Balaban J connectivity index is 2.94. The maximum Gasteiger partial charge on any atom is 0.248 e. The standard InChI is InChI=1S/C7H8N4/c1-5-2-3-6-7(8)9-4-10-11(5)6/h2-4H,1H3,(H2,8,9,10)/p+1. The van der Waals surface area contributed by atoms with Crippen LogP contribution in [0.4, 0.5) is 5.82 Å². The minimum atomic E-state index is 0.646. The third kappa shape index (κ3) is 0.756. The van der Waals surface area contributed by atoms with Crippen molar-refractivity contribution < 1.29 is 4.98 Å². The Bertz CT molecular complexity index is 390. The molecule has 0 aliphatic carbocycles. The molecule has 0 spiro atoms. The van der Waals surface area contributed by atoms with Gasteiger partial charge in [-0.05, 0) is 24.2 Å². The van der Waals surface area contributed by atoms with Crippen molar-refractivity contribution in [1.82, 2.24) is 9.61 Å². The number of nitrogens with zero attached hydrogens (tertiary/aromatic N) is 2. The van der Waals surface area contributed by atoms with E-state index in [4.69, 9.17) is 5.73 Å². The number of rotatable bonds is 0. The highest BCUT2D eigenvalue weighted by Crippen LogP contribution is 2.08. The van der Waals surface area contributed by atoms with E-state index in [0.29, 0.717) is 5.82 Å². The minimum Gasteiger partial charge on any atom is -0.317 e. The van der Waals surface area contributed by atoms with Gasteiger partial charge in [-0.25, -0.2) is 4.98 Å². The zero-order valence-corrected chi connectivity index (χ0v) is 6.20. The van der Waals surface area contributed by atoms with Crippen molar-refractivity contribution in [2.45, 2.75) is 6.92 Å². The number of anilines is 1. The van der Waals surface area contributed by atoms with Crippen LogP contribution in [0.15, 0.2) is 18.5 Å². The maximum absolute atomic E-state index is 5.65. The Hall–Kier alpha value is -1.58. The lowest BCUT2D eigenvalue weighted by molar-refractivity contribution is -0.365. The molecule has 11 heavy (non-hydrogen) atoms. The molecule has 2 rings (SSSR count). The zero-order chi connectivity index (χ0) is 7.84. The van der Waals surface area contributed by atoms with Gasteiger partial charge >= 0.3 is 0 Å². The van der Waals surface area contributed by atoms with Gasteiger partial charge < -0.3 is 5.73 Å². The molecule has 0 unspecified atom stereocenters. The van der Waals surface area contributed by atoms with Crippen molar-refractivity contribution in [3.8, 4) is 0 Å². The van der Waals surface area contributed by atoms with E-state index in [1.807, 2.05) is 19.1 Å². The lowest BCUT2D eigenvalue weighted by Gasteiger charge is -1.90. The Morgan fingerprint density at radius 3 is 3.09 bits per heavy atom. The number of nitrogens with two attached hydrogens (primary N) is 1. The van der Waals surface area contributed by atoms with Crippen LogP contribution < -0.4 is 10.7 Å². The number of nitrogen functional groups attached to an aromatic ring is 1. The molecule has 0 saturated carbocycles. The van der Waals surface area contributed by atoms with Gasteiger partial charge in [-0.1, -0.05) is 0 Å². The largest absolute Gasteiger partial charge is 0.317 e. The minimum absolute atomic E-state index is 0.646. The van der Waals surface area contributed by atoms with Crippen molar-refractivity contribution in [2.75, 3.05) is 5.73 Å². The molecule has 4 nitrogen and oxygen atoms in total. The van der Waals surface area contributed by atoms with Gasteiger partial charge in [0, 0.05) is 0 Å². The number of H-pyrrole nitrogens is 1. The van der Waals surface area contributed by atoms with Crippen molar-refractivity contribution >= 4 is 11.3 Å². The van der Waals surface area contributed by atoms with E-state index in [1.165, 1.54) is 0 Å². The summed E-state index contributed by atoms with van der Waals surface area (Å²) < 4.78 is 1.80. The second kappa shape index (κ2) is 1.95. The van der Waals surface area contributed by atoms with Crippen molar-refractivity contribution in [3.05, 3.63) is 24.2 Å². The molecule has 3 N–H and O–H groups in total. The number of aryl methyl sites for hydroxylation is 1. The highest BCUT2D eigenvalue weighted by molar-refractivity contribution is 5.62. The molecule has 0 aliphatic rings. The van der Waals surface area contributed by atoms with Crippen LogP contribution in [0.2, 0.25) is 0 Å². The first kappa shape index (κ1) is 6.15. The summed E-state index contributed by atoms with van der Waals surface area (Å²) >= 11 is 0. The first-order valence-corrected chi connectivity index (χ1v) is 3.39. The van der Waals surface area contributed by atoms with Crippen molar-refractivity contribution in [1.29, 1.82) is 0 Å². The number of hydrogen-bond donors (Lipinski definition) is 1. The number of aromatic nitrogens is 3. The zero-order valence-electron chi connectivity index (χ0n) is 6.20. The number of nitrogens with one attached hydrogen (secondary N) is 1. The average molecular weight is 149 g/mol. The summed E-state index contributed by atoms with van der Waals surface area (Å²) in [6.45, 7) is 1.99. The van der Waals surface area contributed by atoms with Crippen LogP contribution in [0.1, 0.15) is 5.69 Å². The molecule has 0 aliphatic heterocycles. The van der Waals surface area contributed by atoms with Crippen molar-refractivity contribution in [2.24, 2.45) is 0 Å². The second-order valence-corrected chi connectivity index (χ2v) is 2.47. The molecule has 56 valence electrons. The van der Waals surface area contributed by atoms with E-state index in [2.05, 4.69) is 10.1 Å². The lowest BCUT2D eigenvalue weighted by Crippen LogP contribution is -2.13. The smallest absolute Gasteiger partial charge is 0.248 e. The van der Waals surface area contributed by atoms with E-state index in [9.17, 15) is 0 Å². The van der Waals surface area contributed by atoms with Gasteiger partial charge in [0.15, 0.2) is 5.52 Å². The normalized spacial score (nSPS) is 10.6. The summed E-state index contributed by atoms with van der Waals surface area (Å²) in [7, 11) is 0. The van der Waals surface area contributed by atoms with Gasteiger partial charge in [-0.2, -0.15) is 4.52 Å². The molecule has 2 aromatic rings. The highest BCUT2D eigenvalue weighted by Gasteiger charge is 2.05. The Morgan fingerprint density at radius 2 is 2.36 bits per heavy atom. The first-order valence-electron chi connectivity index (χ1n) is 3.39. The summed E-state index contributed by atoms with van der Waals surface area (Å²) in [5.41, 5.74) is 7.66. The third-order valence-corrected chi connectivity index (χ3v) is 1.71. The van der Waals surface area contributed by atoms with E-state index in [0.717, 1.165) is 11.2 Å². The number of fused-ring (bicyclic) bond motifs is 1. The molecular weight excluding hydrogens is 140 g/mol. The van der Waals surface area contributed by atoms with Crippen LogP contribution in [0.5, 0.6) is 0 Å². The fraction of sp³-hybridized carbons (Fsp3) is 0.143. The molecular formula is C7H9N4+. The van der Waals surface area contributed by atoms with Crippen LogP contribution in [-0.2, 0) is 0 Å². The van der Waals surface area contributed by atoms with Crippen LogP contribution in [-0.4, -0.2) is 9.61 Å². The van der Waals surface area contributed by atoms with Gasteiger partial charge in [-0.15, -0.1) is 0 Å². The summed E-state index contributed by atoms with van der Waals surface area (Å²) in [5, 5.41) is 4.08. The van der Waals surface area contributed by atoms with Gasteiger partial charge in [0.2, 0.25) is 12.1 Å². The van der Waals surface area contributed by atoms with Crippen LogP contribution in [0, 0.1) is 6.92 Å². The van der Waals surface area contributed by atoms with E-state index >= 15 is 0 Å². The molecule has 0 saturated heterocycles. The molecule has 0 atom stereocenters. The summed E-state index contributed by atoms with van der Waals surface area (Å²) in [6.07, 6.45) is 1.58. The van der Waals surface area contributed by atoms with Gasteiger partial charge in [0.1, 0.15) is 0 Å². The van der Waals surface area contributed by atoms with E-state index in [-0.39, 0.29) is 0 Å². The molecule has 4 heteroatoms. The molecule has 0 fully saturated rings. The molecule has 0 radical (unpaired) electrons. The maximum atomic E-state index is 5.65. The van der Waals surface area contributed by atoms with Crippen LogP contribution >= 0.6 is 0 Å². The van der Waals surface area contributed by atoms with Crippen molar-refractivity contribution in [3.63, 3.8) is 0 Å². The van der Waals surface area contributed by atoms with Gasteiger partial charge in [-0.3, -0.25) is 0 Å². The first-order chi connectivity index (χ1) is 5.29. The summed E-state index contributed by atoms with van der Waals surface area (Å²) in [6, 6.07) is 3.92. The third-order valence-electron chi connectivity index (χ3n) is 1.71. The second-order valence-electron chi connectivity index (χ2n) is 2.47. The predicted molar refractivity (Wildman–Crippen MR) is 40.9 cm³/mol. The van der Waals surface area contributed by atoms with Gasteiger partial charge in [0.25, 0.3) is 0 Å². The fourth-order valence-electron chi connectivity index (χ4n) is 1.12. The Morgan fingerprint density at radius 1 is 1.55 bits per heavy atom. The summed E-state index contributed by atoms with van der Waals surface area (Å²) in [4.78, 5) is 2.83. The number of aromatic amines is 1. The fourth-order valence-corrected chi connectivity index (χ4v) is 1.12. The SMILES string of the molecule is Cc1ccc2c(N)[nH+]cnn12. The lowest BCUT2D eigenvalue weighted by atomic mass is 10.5. The monoisotopic (exact) mass is 149 g/mol. The van der Waals surface area contributed by atoms with E-state index < -0.39 is 0 Å². The quantitative estimate of drug-likeness (QED) is 0.575. The Labute approximate surface area is 63.7 Å². The highest BCUT2D eigenvalue weighted by atomic mass is 15.2. The predicted octanol–water partition coefficient (Wildman–Crippen LogP) is 0.0390. The topological polar surface area (TPSA) is 57.5 Å². The van der Waals surface area contributed by atoms with Crippen LogP contribution in [0.3, 0.4) is 0 Å². The van der Waals surface area contributed by atoms with Crippen LogP contribution in [0.25, 0.3) is 5.52 Å². The molecule has 2 aromatic heterocycles. The molecule has 2 heterocycles. The molecule has 0 amide bonds. The van der Waals surface area contributed by atoms with Gasteiger partial charge in [0.05, 0.1) is 5.69 Å². The number of hydrogen-bond acceptors (Lipinski definition) is 2. The average Bonchev–Trinajstić information content (AvgIpc) is 2.35. The Kier molecular flexibility index (Phi) is 1.09. The molecule has 0 bridgehead atoms. The summed E-state index contributed by atoms with van der Waals surface area (Å²) in [5.74, 6) is 0.646. The van der Waals surface area contributed by atoms with E-state index in [1.54, 1.807) is 10.8 Å². The molecule has 0 aromatic carbocycles.